The Morgan fingerprint density at radius 1 is 1.35 bits per heavy atom. The van der Waals surface area contributed by atoms with Crippen LogP contribution >= 0.6 is 23.5 Å². The summed E-state index contributed by atoms with van der Waals surface area (Å²) in [6.45, 7) is 4.78. The molecule has 1 atom stereocenters. The van der Waals surface area contributed by atoms with E-state index in [1.165, 1.54) is 29.2 Å². The van der Waals surface area contributed by atoms with E-state index in [9.17, 15) is 4.79 Å². The van der Waals surface area contributed by atoms with Crippen LogP contribution in [0.1, 0.15) is 13.3 Å². The van der Waals surface area contributed by atoms with E-state index in [0.29, 0.717) is 0 Å². The molecule has 1 N–H and O–H groups in total. The molecule has 1 saturated heterocycles. The van der Waals surface area contributed by atoms with Crippen molar-refractivity contribution in [2.45, 2.75) is 24.3 Å². The second-order valence-corrected chi connectivity index (χ2v) is 7.10. The van der Waals surface area contributed by atoms with Crippen LogP contribution in [0.15, 0.2) is 35.5 Å². The molecule has 1 aliphatic rings. The van der Waals surface area contributed by atoms with Crippen LogP contribution in [-0.2, 0) is 4.79 Å². The Balaban J connectivity index is 1.61. The fourth-order valence-electron chi connectivity index (χ4n) is 2.62. The average molecular weight is 349 g/mol. The largest absolute Gasteiger partial charge is 0.369 e. The molecule has 1 unspecified atom stereocenters. The summed E-state index contributed by atoms with van der Waals surface area (Å²) in [7, 11) is 0. The maximum Gasteiger partial charge on any atom is 0.212 e. The van der Waals surface area contributed by atoms with Crippen molar-refractivity contribution in [3.63, 3.8) is 0 Å². The lowest BCUT2D eigenvalue weighted by molar-refractivity contribution is -0.119. The molecule has 1 aromatic carbocycles. The molecule has 0 aliphatic carbocycles. The molecular formula is C15H19N5OS2. The number of hydrogen-bond donors (Lipinski definition) is 1. The quantitative estimate of drug-likeness (QED) is 0.661. The first kappa shape index (κ1) is 16.1. The Bertz CT molecular complexity index is 619. The zero-order chi connectivity index (χ0) is 16.1. The summed E-state index contributed by atoms with van der Waals surface area (Å²) >= 11 is 2.87. The topological polar surface area (TPSA) is 61.4 Å². The average Bonchev–Trinajstić information content (AvgIpc) is 3.02. The van der Waals surface area contributed by atoms with Crippen molar-refractivity contribution in [1.29, 1.82) is 0 Å². The molecule has 1 fully saturated rings. The molecule has 2 aromatic rings. The third kappa shape index (κ3) is 4.14. The molecule has 1 aliphatic heterocycles. The van der Waals surface area contributed by atoms with Crippen molar-refractivity contribution in [3.8, 4) is 0 Å². The molecular weight excluding hydrogens is 330 g/mol. The standard InChI is InChI=1S/C15H19N5OS2/c1-12-9-19(7-2-8-20(12)11-21)13-3-5-14(6-4-13)22-18-15-16-10-17-23-15/h3-6,10-12H,2,7-9H2,1H3,(H,16,17,18). The summed E-state index contributed by atoms with van der Waals surface area (Å²) in [5.74, 6) is 0. The van der Waals surface area contributed by atoms with Gasteiger partial charge in [0, 0.05) is 47.8 Å². The van der Waals surface area contributed by atoms with Crippen LogP contribution in [0.3, 0.4) is 0 Å². The highest BCUT2D eigenvalue weighted by atomic mass is 32.2. The highest BCUT2D eigenvalue weighted by Crippen LogP contribution is 2.25. The van der Waals surface area contributed by atoms with E-state index in [4.69, 9.17) is 0 Å². The SMILES string of the molecule is CC1CN(c2ccc(SNc3ncns3)cc2)CCCN1C=O. The van der Waals surface area contributed by atoms with Gasteiger partial charge in [0.1, 0.15) is 6.33 Å². The van der Waals surface area contributed by atoms with Gasteiger partial charge >= 0.3 is 0 Å². The minimum absolute atomic E-state index is 0.239. The Morgan fingerprint density at radius 2 is 2.17 bits per heavy atom. The van der Waals surface area contributed by atoms with E-state index in [0.717, 1.165) is 42.5 Å². The van der Waals surface area contributed by atoms with Gasteiger partial charge in [-0.25, -0.2) is 4.98 Å². The van der Waals surface area contributed by atoms with Crippen LogP contribution in [-0.4, -0.2) is 46.3 Å². The maximum atomic E-state index is 11.1. The molecule has 8 heteroatoms. The lowest BCUT2D eigenvalue weighted by Gasteiger charge is -2.27. The molecule has 0 saturated carbocycles. The fraction of sp³-hybridized carbons (Fsp3) is 0.400. The van der Waals surface area contributed by atoms with Crippen LogP contribution in [0.4, 0.5) is 10.8 Å². The van der Waals surface area contributed by atoms with Gasteiger partial charge in [0.2, 0.25) is 11.5 Å². The zero-order valence-electron chi connectivity index (χ0n) is 12.9. The predicted molar refractivity (Wildman–Crippen MR) is 94.9 cm³/mol. The van der Waals surface area contributed by atoms with Crippen LogP contribution in [0.2, 0.25) is 0 Å². The van der Waals surface area contributed by atoms with Crippen LogP contribution in [0, 0.1) is 0 Å². The number of hydrogen-bond acceptors (Lipinski definition) is 7. The van der Waals surface area contributed by atoms with Gasteiger partial charge < -0.3 is 14.5 Å². The highest BCUT2D eigenvalue weighted by Gasteiger charge is 2.20. The Hall–Kier alpha value is -1.80. The van der Waals surface area contributed by atoms with Gasteiger partial charge in [-0.15, -0.1) is 0 Å². The first-order valence-corrected chi connectivity index (χ1v) is 9.11. The van der Waals surface area contributed by atoms with Gasteiger partial charge in [-0.1, -0.05) is 0 Å². The molecule has 2 heterocycles. The van der Waals surface area contributed by atoms with Gasteiger partial charge in [-0.2, -0.15) is 4.37 Å². The Kier molecular flexibility index (Phi) is 5.35. The van der Waals surface area contributed by atoms with E-state index >= 15 is 0 Å². The second-order valence-electron chi connectivity index (χ2n) is 5.44. The van der Waals surface area contributed by atoms with Gasteiger partial charge in [0.05, 0.1) is 0 Å². The van der Waals surface area contributed by atoms with E-state index in [-0.39, 0.29) is 6.04 Å². The number of amides is 1. The minimum Gasteiger partial charge on any atom is -0.369 e. The molecule has 3 rings (SSSR count). The van der Waals surface area contributed by atoms with E-state index in [1.54, 1.807) is 6.33 Å². The van der Waals surface area contributed by atoms with Gasteiger partial charge in [-0.05, 0) is 49.6 Å². The lowest BCUT2D eigenvalue weighted by Crippen LogP contribution is -2.38. The summed E-state index contributed by atoms with van der Waals surface area (Å²) in [5, 5.41) is 0.800. The number of benzene rings is 1. The predicted octanol–water partition coefficient (Wildman–Crippen LogP) is 2.71. The van der Waals surface area contributed by atoms with Crippen molar-refractivity contribution >= 4 is 40.7 Å². The normalized spacial score (nSPS) is 18.6. The van der Waals surface area contributed by atoms with Crippen LogP contribution in [0.25, 0.3) is 0 Å². The van der Waals surface area contributed by atoms with Gasteiger partial charge in [-0.3, -0.25) is 4.79 Å². The summed E-state index contributed by atoms with van der Waals surface area (Å²) in [6, 6.07) is 8.70. The summed E-state index contributed by atoms with van der Waals surface area (Å²) in [5.41, 5.74) is 1.20. The van der Waals surface area contributed by atoms with Gasteiger partial charge in [0.15, 0.2) is 0 Å². The smallest absolute Gasteiger partial charge is 0.212 e. The number of carbonyl (C=O) groups excluding carboxylic acids is 1. The second kappa shape index (κ2) is 7.65. The first-order chi connectivity index (χ1) is 11.3. The van der Waals surface area contributed by atoms with E-state index < -0.39 is 0 Å². The van der Waals surface area contributed by atoms with Crippen molar-refractivity contribution in [3.05, 3.63) is 30.6 Å². The first-order valence-electron chi connectivity index (χ1n) is 7.52. The molecule has 1 aromatic heterocycles. The molecule has 0 bridgehead atoms. The van der Waals surface area contributed by atoms with E-state index in [2.05, 4.69) is 50.2 Å². The minimum atomic E-state index is 0.239. The van der Waals surface area contributed by atoms with Crippen molar-refractivity contribution < 1.29 is 4.79 Å². The third-order valence-electron chi connectivity index (χ3n) is 3.85. The van der Waals surface area contributed by atoms with Crippen LogP contribution < -0.4 is 9.62 Å². The number of aromatic nitrogens is 2. The lowest BCUT2D eigenvalue weighted by atomic mass is 10.2. The third-order valence-corrected chi connectivity index (χ3v) is 5.36. The molecule has 1 amide bonds. The number of anilines is 2. The molecule has 6 nitrogen and oxygen atoms in total. The van der Waals surface area contributed by atoms with Gasteiger partial charge in [0.25, 0.3) is 0 Å². The zero-order valence-corrected chi connectivity index (χ0v) is 14.5. The number of nitrogens with zero attached hydrogens (tertiary/aromatic N) is 4. The summed E-state index contributed by atoms with van der Waals surface area (Å²) in [4.78, 5) is 20.5. The van der Waals surface area contributed by atoms with Crippen molar-refractivity contribution in [2.24, 2.45) is 0 Å². The highest BCUT2D eigenvalue weighted by molar-refractivity contribution is 8.00. The Labute approximate surface area is 144 Å². The Morgan fingerprint density at radius 3 is 2.87 bits per heavy atom. The molecule has 23 heavy (non-hydrogen) atoms. The molecule has 0 spiro atoms. The number of carbonyl (C=O) groups is 1. The maximum absolute atomic E-state index is 11.1. The monoisotopic (exact) mass is 349 g/mol. The fourth-order valence-corrected chi connectivity index (χ4v) is 3.71. The van der Waals surface area contributed by atoms with E-state index in [1.807, 2.05) is 4.90 Å². The molecule has 0 radical (unpaired) electrons. The van der Waals surface area contributed by atoms with Crippen molar-refractivity contribution in [1.82, 2.24) is 14.3 Å². The van der Waals surface area contributed by atoms with Crippen LogP contribution in [0.5, 0.6) is 0 Å². The van der Waals surface area contributed by atoms with Crippen molar-refractivity contribution in [2.75, 3.05) is 29.3 Å². The molecule has 122 valence electrons. The number of rotatable bonds is 5. The number of nitrogens with one attached hydrogen (secondary N) is 1. The summed E-state index contributed by atoms with van der Waals surface area (Å²) in [6.07, 6.45) is 3.50. The summed E-state index contributed by atoms with van der Waals surface area (Å²) < 4.78 is 7.13.